The number of sulfone groups is 1. The van der Waals surface area contributed by atoms with E-state index < -0.39 is 9.84 Å². The van der Waals surface area contributed by atoms with E-state index in [2.05, 4.69) is 34.0 Å². The smallest absolute Gasteiger partial charge is 0.258 e. The number of rotatable bonds is 8. The lowest BCUT2D eigenvalue weighted by molar-refractivity contribution is 0.102. The van der Waals surface area contributed by atoms with Gasteiger partial charge < -0.3 is 9.88 Å². The van der Waals surface area contributed by atoms with Gasteiger partial charge in [0.25, 0.3) is 5.91 Å². The lowest BCUT2D eigenvalue weighted by Gasteiger charge is -2.19. The number of carbonyl (C=O) groups excluding carboxylic acids is 1. The molecule has 0 spiro atoms. The Morgan fingerprint density at radius 2 is 1.84 bits per heavy atom. The first-order valence-electron chi connectivity index (χ1n) is 10.4. The first-order chi connectivity index (χ1) is 14.6. The predicted molar refractivity (Wildman–Crippen MR) is 123 cm³/mol. The predicted octanol–water partition coefficient (Wildman–Crippen LogP) is 3.91. The Kier molecular flexibility index (Phi) is 6.69. The third kappa shape index (κ3) is 5.07. The summed E-state index contributed by atoms with van der Waals surface area (Å²) in [6.07, 6.45) is 1.75. The number of hydrogen-bond acceptors (Lipinski definition) is 4. The average molecular weight is 443 g/mol. The lowest BCUT2D eigenvalue weighted by Crippen LogP contribution is -2.17. The van der Waals surface area contributed by atoms with Crippen molar-refractivity contribution in [2.45, 2.75) is 47.2 Å². The molecule has 3 rings (SSSR count). The summed E-state index contributed by atoms with van der Waals surface area (Å²) in [4.78, 5) is 13.0. The van der Waals surface area contributed by atoms with Crippen LogP contribution in [0.5, 0.6) is 0 Å². The summed E-state index contributed by atoms with van der Waals surface area (Å²) in [7, 11) is -3.08. The van der Waals surface area contributed by atoms with Gasteiger partial charge in [-0.05, 0) is 39.3 Å². The molecule has 7 nitrogen and oxygen atoms in total. The summed E-state index contributed by atoms with van der Waals surface area (Å²) in [5.74, 6) is 0.346. The molecule has 0 bridgehead atoms. The fourth-order valence-corrected chi connectivity index (χ4v) is 4.55. The number of anilines is 1. The number of aromatic nitrogens is 3. The van der Waals surface area contributed by atoms with Gasteiger partial charge in [0.15, 0.2) is 15.7 Å². The van der Waals surface area contributed by atoms with Crippen LogP contribution in [0.15, 0.2) is 42.6 Å². The van der Waals surface area contributed by atoms with Crippen LogP contribution in [0.3, 0.4) is 0 Å². The molecule has 166 valence electrons. The normalized spacial score (nSPS) is 12.7. The van der Waals surface area contributed by atoms with Gasteiger partial charge in [-0.2, -0.15) is 5.10 Å². The minimum absolute atomic E-state index is 0.0243. The highest BCUT2D eigenvalue weighted by Crippen LogP contribution is 2.26. The van der Waals surface area contributed by atoms with Gasteiger partial charge >= 0.3 is 0 Å². The fraction of sp³-hybridized carbons (Fsp3) is 0.391. The van der Waals surface area contributed by atoms with Crippen molar-refractivity contribution in [3.8, 4) is 0 Å². The molecule has 1 amide bonds. The summed E-state index contributed by atoms with van der Waals surface area (Å²) in [6.45, 7) is 9.79. The van der Waals surface area contributed by atoms with E-state index in [0.29, 0.717) is 11.4 Å². The molecule has 0 radical (unpaired) electrons. The first kappa shape index (κ1) is 22.8. The third-order valence-corrected chi connectivity index (χ3v) is 7.33. The molecule has 2 heterocycles. The van der Waals surface area contributed by atoms with Crippen LogP contribution in [-0.2, 0) is 16.4 Å². The van der Waals surface area contributed by atoms with E-state index in [-0.39, 0.29) is 30.0 Å². The maximum Gasteiger partial charge on any atom is 0.258 e. The summed E-state index contributed by atoms with van der Waals surface area (Å²) >= 11 is 0. The highest BCUT2D eigenvalue weighted by Gasteiger charge is 2.21. The van der Waals surface area contributed by atoms with Crippen LogP contribution in [0.4, 0.5) is 5.82 Å². The van der Waals surface area contributed by atoms with Crippen molar-refractivity contribution >= 4 is 21.6 Å². The van der Waals surface area contributed by atoms with E-state index in [1.165, 1.54) is 5.56 Å². The zero-order valence-corrected chi connectivity index (χ0v) is 19.5. The van der Waals surface area contributed by atoms with Crippen LogP contribution in [0.2, 0.25) is 0 Å². The Bertz CT molecular complexity index is 1180. The van der Waals surface area contributed by atoms with Gasteiger partial charge in [0, 0.05) is 28.9 Å². The Morgan fingerprint density at radius 3 is 2.48 bits per heavy atom. The van der Waals surface area contributed by atoms with Gasteiger partial charge in [-0.15, -0.1) is 0 Å². The van der Waals surface area contributed by atoms with E-state index in [1.54, 1.807) is 17.8 Å². The van der Waals surface area contributed by atoms with E-state index in [9.17, 15) is 13.2 Å². The largest absolute Gasteiger partial charge is 0.341 e. The van der Waals surface area contributed by atoms with E-state index >= 15 is 0 Å². The minimum atomic E-state index is -3.08. The van der Waals surface area contributed by atoms with Crippen LogP contribution in [0.1, 0.15) is 52.8 Å². The Hall–Kier alpha value is -2.87. The molecule has 1 aromatic carbocycles. The highest BCUT2D eigenvalue weighted by molar-refractivity contribution is 7.91. The van der Waals surface area contributed by atoms with Crippen molar-refractivity contribution in [3.63, 3.8) is 0 Å². The van der Waals surface area contributed by atoms with E-state index in [1.807, 2.05) is 45.0 Å². The van der Waals surface area contributed by atoms with Gasteiger partial charge in [0.2, 0.25) is 0 Å². The maximum absolute atomic E-state index is 13.0. The third-order valence-electron chi connectivity index (χ3n) is 5.65. The molecule has 0 aliphatic heterocycles. The molecular weight excluding hydrogens is 412 g/mol. The van der Waals surface area contributed by atoms with Gasteiger partial charge in [-0.1, -0.05) is 37.3 Å². The number of hydrogen-bond donors (Lipinski definition) is 1. The summed E-state index contributed by atoms with van der Waals surface area (Å²) in [6, 6.07) is 12.2. The van der Waals surface area contributed by atoms with Gasteiger partial charge in [0.05, 0.1) is 23.9 Å². The molecule has 1 N–H and O–H groups in total. The second kappa shape index (κ2) is 9.09. The molecule has 31 heavy (non-hydrogen) atoms. The molecule has 0 saturated carbocycles. The highest BCUT2D eigenvalue weighted by atomic mass is 32.2. The van der Waals surface area contributed by atoms with Crippen molar-refractivity contribution in [2.75, 3.05) is 16.8 Å². The molecule has 0 saturated heterocycles. The summed E-state index contributed by atoms with van der Waals surface area (Å²) < 4.78 is 27.2. The maximum atomic E-state index is 13.0. The van der Waals surface area contributed by atoms with E-state index in [4.69, 9.17) is 0 Å². The quantitative estimate of drug-likeness (QED) is 0.573. The average Bonchev–Trinajstić information content (AvgIpc) is 3.25. The van der Waals surface area contributed by atoms with Gasteiger partial charge in [-0.25, -0.2) is 8.42 Å². The molecule has 3 aromatic rings. The summed E-state index contributed by atoms with van der Waals surface area (Å²) in [5.41, 5.74) is 4.45. The van der Waals surface area contributed by atoms with Crippen LogP contribution >= 0.6 is 0 Å². The van der Waals surface area contributed by atoms with Crippen molar-refractivity contribution in [1.82, 2.24) is 14.3 Å². The molecular formula is C23H30N4O3S. The van der Waals surface area contributed by atoms with Gasteiger partial charge in [0.1, 0.15) is 0 Å². The van der Waals surface area contributed by atoms with Crippen LogP contribution in [0.25, 0.3) is 0 Å². The molecule has 8 heteroatoms. The van der Waals surface area contributed by atoms with E-state index in [0.717, 1.165) is 17.0 Å². The Balaban J connectivity index is 1.79. The molecule has 1 atom stereocenters. The standard InChI is InChI=1S/C23H30N4O3S/c1-6-31(29,30)13-12-26-15-16(2)22(25-26)24-23(28)21-14-17(3)27(19(21)5)18(4)20-10-8-7-9-11-20/h7-11,14-15,18H,6,12-13H2,1-5H3,(H,24,25,28). The number of nitrogens with zero attached hydrogens (tertiary/aromatic N) is 3. The molecule has 0 aliphatic rings. The number of benzene rings is 1. The second-order valence-corrected chi connectivity index (χ2v) is 10.3. The SMILES string of the molecule is CCS(=O)(=O)CCn1cc(C)c(NC(=O)c2cc(C)n(C(C)c3ccccc3)c2C)n1. The molecule has 2 aromatic heterocycles. The zero-order chi connectivity index (χ0) is 22.8. The first-order valence-corrected chi connectivity index (χ1v) is 12.2. The topological polar surface area (TPSA) is 86.0 Å². The van der Waals surface area contributed by atoms with Crippen molar-refractivity contribution < 1.29 is 13.2 Å². The number of carbonyl (C=O) groups is 1. The Labute approximate surface area is 184 Å². The van der Waals surface area contributed by atoms with Crippen molar-refractivity contribution in [1.29, 1.82) is 0 Å². The molecule has 0 fully saturated rings. The summed E-state index contributed by atoms with van der Waals surface area (Å²) in [5, 5.41) is 7.25. The Morgan fingerprint density at radius 1 is 1.16 bits per heavy atom. The lowest BCUT2D eigenvalue weighted by atomic mass is 10.1. The van der Waals surface area contributed by atoms with Crippen molar-refractivity contribution in [3.05, 3.63) is 70.7 Å². The van der Waals surface area contributed by atoms with Crippen LogP contribution in [-0.4, -0.2) is 40.2 Å². The molecule has 0 aliphatic carbocycles. The zero-order valence-electron chi connectivity index (χ0n) is 18.7. The minimum Gasteiger partial charge on any atom is -0.341 e. The van der Waals surface area contributed by atoms with Gasteiger partial charge in [-0.3, -0.25) is 9.48 Å². The van der Waals surface area contributed by atoms with Crippen molar-refractivity contribution in [2.24, 2.45) is 0 Å². The number of aryl methyl sites for hydroxylation is 3. The van der Waals surface area contributed by atoms with Crippen LogP contribution < -0.4 is 5.32 Å². The second-order valence-electron chi connectivity index (χ2n) is 7.86. The fourth-order valence-electron chi connectivity index (χ4n) is 3.79. The molecule has 1 unspecified atom stereocenters. The number of amides is 1. The monoisotopic (exact) mass is 442 g/mol. The number of nitrogens with one attached hydrogen (secondary N) is 1. The van der Waals surface area contributed by atoms with Crippen LogP contribution in [0, 0.1) is 20.8 Å².